The summed E-state index contributed by atoms with van der Waals surface area (Å²) in [7, 11) is -1.70. The third-order valence-electron chi connectivity index (χ3n) is 3.99. The van der Waals surface area contributed by atoms with Crippen LogP contribution < -0.4 is 5.32 Å². The van der Waals surface area contributed by atoms with Crippen molar-refractivity contribution in [2.75, 3.05) is 13.6 Å². The van der Waals surface area contributed by atoms with Crippen LogP contribution in [0.25, 0.3) is 0 Å². The summed E-state index contributed by atoms with van der Waals surface area (Å²) < 4.78 is 27.4. The molecule has 0 amide bonds. The van der Waals surface area contributed by atoms with Gasteiger partial charge in [-0.25, -0.2) is 8.42 Å². The molecule has 114 valence electrons. The van der Waals surface area contributed by atoms with Crippen molar-refractivity contribution in [3.05, 3.63) is 11.3 Å². The number of nitrogens with zero attached hydrogens (tertiary/aromatic N) is 2. The first-order valence-corrected chi connectivity index (χ1v) is 8.66. The van der Waals surface area contributed by atoms with Gasteiger partial charge < -0.3 is 5.32 Å². The largest absolute Gasteiger partial charge is 0.316 e. The standard InChI is InChI=1S/C13H24N4O2S/c1-4-11-7-5-6-8-17(11)20(18,19)13-12(9-14-3)10(2)15-16-13/h11,14H,4-9H2,1-3H3,(H,15,16). The molecule has 2 heterocycles. The van der Waals surface area contributed by atoms with E-state index in [1.165, 1.54) is 0 Å². The molecule has 1 unspecified atom stereocenters. The molecule has 1 aromatic rings. The zero-order chi connectivity index (χ0) is 14.8. The van der Waals surface area contributed by atoms with Crippen molar-refractivity contribution in [3.8, 4) is 0 Å². The van der Waals surface area contributed by atoms with Crippen molar-refractivity contribution >= 4 is 10.0 Å². The predicted octanol–water partition coefficient (Wildman–Crippen LogP) is 1.39. The van der Waals surface area contributed by atoms with Crippen molar-refractivity contribution in [3.63, 3.8) is 0 Å². The molecule has 1 atom stereocenters. The molecule has 1 aromatic heterocycles. The number of piperidine rings is 1. The summed E-state index contributed by atoms with van der Waals surface area (Å²) in [6.07, 6.45) is 3.83. The van der Waals surface area contributed by atoms with E-state index in [0.29, 0.717) is 13.1 Å². The molecule has 2 N–H and O–H groups in total. The number of hydrogen-bond donors (Lipinski definition) is 2. The summed E-state index contributed by atoms with van der Waals surface area (Å²) in [5.41, 5.74) is 1.55. The van der Waals surface area contributed by atoms with Crippen molar-refractivity contribution in [1.82, 2.24) is 19.8 Å². The highest BCUT2D eigenvalue weighted by molar-refractivity contribution is 7.89. The number of nitrogens with one attached hydrogen (secondary N) is 2. The van der Waals surface area contributed by atoms with Gasteiger partial charge in [-0.1, -0.05) is 13.3 Å². The second kappa shape index (κ2) is 6.24. The second-order valence-electron chi connectivity index (χ2n) is 5.34. The Morgan fingerprint density at radius 3 is 2.85 bits per heavy atom. The minimum Gasteiger partial charge on any atom is -0.316 e. The van der Waals surface area contributed by atoms with Gasteiger partial charge in [0.05, 0.1) is 0 Å². The van der Waals surface area contributed by atoms with Gasteiger partial charge in [-0.05, 0) is 33.2 Å². The van der Waals surface area contributed by atoms with Crippen LogP contribution in [0.4, 0.5) is 0 Å². The van der Waals surface area contributed by atoms with Crippen molar-refractivity contribution in [2.24, 2.45) is 0 Å². The molecular weight excluding hydrogens is 276 g/mol. The maximum absolute atomic E-state index is 12.9. The summed E-state index contributed by atoms with van der Waals surface area (Å²) in [5, 5.41) is 10.1. The maximum atomic E-state index is 12.9. The van der Waals surface area contributed by atoms with Crippen molar-refractivity contribution in [2.45, 2.75) is 57.1 Å². The summed E-state index contributed by atoms with van der Waals surface area (Å²) in [5.74, 6) is 0. The predicted molar refractivity (Wildman–Crippen MR) is 77.9 cm³/mol. The van der Waals surface area contributed by atoms with E-state index >= 15 is 0 Å². The number of rotatable bonds is 5. The quantitative estimate of drug-likeness (QED) is 0.861. The van der Waals surface area contributed by atoms with E-state index in [1.54, 1.807) is 11.4 Å². The molecule has 20 heavy (non-hydrogen) atoms. The fourth-order valence-corrected chi connectivity index (χ4v) is 4.77. The van der Waals surface area contributed by atoms with Crippen LogP contribution in [-0.2, 0) is 16.6 Å². The highest BCUT2D eigenvalue weighted by atomic mass is 32.2. The van der Waals surface area contributed by atoms with Gasteiger partial charge in [0.2, 0.25) is 0 Å². The van der Waals surface area contributed by atoms with Gasteiger partial charge in [-0.15, -0.1) is 0 Å². The fourth-order valence-electron chi connectivity index (χ4n) is 2.84. The smallest absolute Gasteiger partial charge is 0.262 e. The minimum absolute atomic E-state index is 0.105. The summed E-state index contributed by atoms with van der Waals surface area (Å²) >= 11 is 0. The van der Waals surface area contributed by atoms with Crippen LogP contribution in [0.1, 0.15) is 43.9 Å². The monoisotopic (exact) mass is 300 g/mol. The average Bonchev–Trinajstić information content (AvgIpc) is 2.81. The zero-order valence-corrected chi connectivity index (χ0v) is 13.3. The second-order valence-corrected chi connectivity index (χ2v) is 7.14. The third-order valence-corrected chi connectivity index (χ3v) is 5.91. The molecule has 1 fully saturated rings. The lowest BCUT2D eigenvalue weighted by atomic mass is 10.0. The normalized spacial score (nSPS) is 21.2. The average molecular weight is 300 g/mol. The molecule has 2 rings (SSSR count). The molecule has 0 radical (unpaired) electrons. The zero-order valence-electron chi connectivity index (χ0n) is 12.4. The highest BCUT2D eigenvalue weighted by Gasteiger charge is 2.35. The molecule has 1 saturated heterocycles. The Balaban J connectivity index is 2.39. The number of H-pyrrole nitrogens is 1. The maximum Gasteiger partial charge on any atom is 0.262 e. The molecule has 0 aromatic carbocycles. The Hall–Kier alpha value is -0.920. The Kier molecular flexibility index (Phi) is 4.82. The van der Waals surface area contributed by atoms with Crippen molar-refractivity contribution in [1.29, 1.82) is 0 Å². The molecular formula is C13H24N4O2S. The molecule has 6 nitrogen and oxygen atoms in total. The van der Waals surface area contributed by atoms with Gasteiger partial charge in [0.15, 0.2) is 5.03 Å². The van der Waals surface area contributed by atoms with Crippen LogP contribution in [0, 0.1) is 6.92 Å². The van der Waals surface area contributed by atoms with Gasteiger partial charge in [0.25, 0.3) is 10.0 Å². The van der Waals surface area contributed by atoms with E-state index in [2.05, 4.69) is 15.5 Å². The Bertz CT molecular complexity index is 553. The van der Waals surface area contributed by atoms with E-state index in [4.69, 9.17) is 0 Å². The number of aromatic amines is 1. The Labute approximate surface area is 121 Å². The van der Waals surface area contributed by atoms with Crippen LogP contribution in [-0.4, -0.2) is 42.6 Å². The van der Waals surface area contributed by atoms with Gasteiger partial charge in [0.1, 0.15) is 0 Å². The van der Waals surface area contributed by atoms with E-state index in [9.17, 15) is 8.42 Å². The number of aryl methyl sites for hydroxylation is 1. The number of sulfonamides is 1. The molecule has 1 aliphatic rings. The molecule has 1 aliphatic heterocycles. The van der Waals surface area contributed by atoms with Crippen LogP contribution in [0.5, 0.6) is 0 Å². The lowest BCUT2D eigenvalue weighted by Crippen LogP contribution is -2.43. The van der Waals surface area contributed by atoms with Crippen molar-refractivity contribution < 1.29 is 8.42 Å². The number of hydrogen-bond acceptors (Lipinski definition) is 4. The first kappa shape index (κ1) is 15.5. The minimum atomic E-state index is -3.50. The molecule has 0 aliphatic carbocycles. The van der Waals surface area contributed by atoms with Gasteiger partial charge in [-0.2, -0.15) is 9.40 Å². The summed E-state index contributed by atoms with van der Waals surface area (Å²) in [4.78, 5) is 0. The number of aromatic nitrogens is 2. The van der Waals surface area contributed by atoms with Gasteiger partial charge in [0, 0.05) is 30.4 Å². The van der Waals surface area contributed by atoms with Crippen LogP contribution >= 0.6 is 0 Å². The van der Waals surface area contributed by atoms with Crippen LogP contribution in [0.3, 0.4) is 0 Å². The summed E-state index contributed by atoms with van der Waals surface area (Å²) in [6.45, 7) is 5.00. The first-order valence-electron chi connectivity index (χ1n) is 7.22. The summed E-state index contributed by atoms with van der Waals surface area (Å²) in [6, 6.07) is 0.105. The first-order chi connectivity index (χ1) is 9.52. The van der Waals surface area contributed by atoms with E-state index in [0.717, 1.165) is 36.9 Å². The highest BCUT2D eigenvalue weighted by Crippen LogP contribution is 2.28. The molecule has 0 bridgehead atoms. The Morgan fingerprint density at radius 1 is 1.45 bits per heavy atom. The van der Waals surface area contributed by atoms with E-state index in [-0.39, 0.29) is 11.1 Å². The van der Waals surface area contributed by atoms with Gasteiger partial charge in [-0.3, -0.25) is 5.10 Å². The van der Waals surface area contributed by atoms with E-state index in [1.807, 2.05) is 13.8 Å². The van der Waals surface area contributed by atoms with Crippen LogP contribution in [0.2, 0.25) is 0 Å². The molecule has 0 saturated carbocycles. The van der Waals surface area contributed by atoms with Crippen LogP contribution in [0.15, 0.2) is 5.03 Å². The Morgan fingerprint density at radius 2 is 2.20 bits per heavy atom. The topological polar surface area (TPSA) is 78.1 Å². The molecule has 7 heteroatoms. The molecule has 0 spiro atoms. The fraction of sp³-hybridized carbons (Fsp3) is 0.769. The van der Waals surface area contributed by atoms with Gasteiger partial charge >= 0.3 is 0 Å². The third kappa shape index (κ3) is 2.75. The van der Waals surface area contributed by atoms with E-state index < -0.39 is 10.0 Å². The lowest BCUT2D eigenvalue weighted by Gasteiger charge is -2.33. The SMILES string of the molecule is CCC1CCCCN1S(=O)(=O)c1n[nH]c(C)c1CNC. The lowest BCUT2D eigenvalue weighted by molar-refractivity contribution is 0.246.